The van der Waals surface area contributed by atoms with Crippen molar-refractivity contribution >= 4 is 17.2 Å². The van der Waals surface area contributed by atoms with Crippen LogP contribution in [-0.4, -0.2) is 29.9 Å². The van der Waals surface area contributed by atoms with Gasteiger partial charge in [0, 0.05) is 29.4 Å². The van der Waals surface area contributed by atoms with Crippen LogP contribution in [-0.2, 0) is 4.79 Å². The molecular weight excluding hydrogens is 244 g/mol. The smallest absolute Gasteiger partial charge is 0.228 e. The van der Waals surface area contributed by atoms with Gasteiger partial charge in [-0.1, -0.05) is 13.0 Å². The SMILES string of the molecule is CC1CNC(c2cccs2)CN1C(=O)C1(C)CC1. The van der Waals surface area contributed by atoms with Crippen LogP contribution in [0.5, 0.6) is 0 Å². The second-order valence-corrected chi connectivity index (χ2v) is 6.82. The maximum absolute atomic E-state index is 12.5. The second-order valence-electron chi connectivity index (χ2n) is 5.84. The van der Waals surface area contributed by atoms with E-state index >= 15 is 0 Å². The zero-order chi connectivity index (χ0) is 12.8. The molecule has 1 aliphatic heterocycles. The molecule has 1 N–H and O–H groups in total. The summed E-state index contributed by atoms with van der Waals surface area (Å²) in [5.74, 6) is 0.359. The third-order valence-electron chi connectivity index (χ3n) is 4.23. The van der Waals surface area contributed by atoms with Crippen molar-refractivity contribution in [2.75, 3.05) is 13.1 Å². The minimum atomic E-state index is -0.0500. The molecule has 0 aromatic carbocycles. The van der Waals surface area contributed by atoms with Gasteiger partial charge >= 0.3 is 0 Å². The van der Waals surface area contributed by atoms with Gasteiger partial charge in [0.2, 0.25) is 5.91 Å². The van der Waals surface area contributed by atoms with Gasteiger partial charge in [0.1, 0.15) is 0 Å². The minimum Gasteiger partial charge on any atom is -0.336 e. The summed E-state index contributed by atoms with van der Waals surface area (Å²) in [4.78, 5) is 15.9. The first-order chi connectivity index (χ1) is 8.60. The van der Waals surface area contributed by atoms with E-state index in [9.17, 15) is 4.79 Å². The highest BCUT2D eigenvalue weighted by Crippen LogP contribution is 2.47. The first-order valence-electron chi connectivity index (χ1n) is 6.68. The van der Waals surface area contributed by atoms with E-state index in [2.05, 4.69) is 41.6 Å². The molecule has 1 aromatic heterocycles. The molecule has 2 unspecified atom stereocenters. The van der Waals surface area contributed by atoms with Crippen molar-refractivity contribution in [3.63, 3.8) is 0 Å². The molecule has 18 heavy (non-hydrogen) atoms. The molecule has 3 rings (SSSR count). The van der Waals surface area contributed by atoms with E-state index in [-0.39, 0.29) is 5.41 Å². The van der Waals surface area contributed by atoms with Gasteiger partial charge in [-0.3, -0.25) is 4.79 Å². The summed E-state index contributed by atoms with van der Waals surface area (Å²) in [5.41, 5.74) is -0.0500. The summed E-state index contributed by atoms with van der Waals surface area (Å²) >= 11 is 1.77. The number of carbonyl (C=O) groups is 1. The third-order valence-corrected chi connectivity index (χ3v) is 5.22. The molecular formula is C14H20N2OS. The summed E-state index contributed by atoms with van der Waals surface area (Å²) < 4.78 is 0. The van der Waals surface area contributed by atoms with E-state index < -0.39 is 0 Å². The summed E-state index contributed by atoms with van der Waals surface area (Å²) in [7, 11) is 0. The number of piperazine rings is 1. The van der Waals surface area contributed by atoms with Crippen molar-refractivity contribution in [1.82, 2.24) is 10.2 Å². The van der Waals surface area contributed by atoms with Crippen molar-refractivity contribution in [2.24, 2.45) is 5.41 Å². The topological polar surface area (TPSA) is 32.3 Å². The molecule has 3 nitrogen and oxygen atoms in total. The first-order valence-corrected chi connectivity index (χ1v) is 7.56. The summed E-state index contributed by atoms with van der Waals surface area (Å²) in [6, 6.07) is 4.85. The fourth-order valence-corrected chi connectivity index (χ4v) is 3.37. The van der Waals surface area contributed by atoms with Gasteiger partial charge in [0.05, 0.1) is 6.04 Å². The molecule has 1 aliphatic carbocycles. The predicted molar refractivity (Wildman–Crippen MR) is 73.6 cm³/mol. The number of thiophene rings is 1. The van der Waals surface area contributed by atoms with Gasteiger partial charge in [-0.2, -0.15) is 0 Å². The molecule has 2 atom stereocenters. The molecule has 1 saturated heterocycles. The zero-order valence-electron chi connectivity index (χ0n) is 11.0. The van der Waals surface area contributed by atoms with Crippen molar-refractivity contribution in [1.29, 1.82) is 0 Å². The van der Waals surface area contributed by atoms with Gasteiger partial charge in [0.25, 0.3) is 0 Å². The van der Waals surface area contributed by atoms with Crippen LogP contribution in [0.2, 0.25) is 0 Å². The van der Waals surface area contributed by atoms with Crippen LogP contribution in [0.4, 0.5) is 0 Å². The molecule has 1 amide bonds. The molecule has 2 aliphatic rings. The number of carbonyl (C=O) groups excluding carboxylic acids is 1. The van der Waals surface area contributed by atoms with Gasteiger partial charge < -0.3 is 10.2 Å². The minimum absolute atomic E-state index is 0.0500. The fraction of sp³-hybridized carbons (Fsp3) is 0.643. The summed E-state index contributed by atoms with van der Waals surface area (Å²) in [6.07, 6.45) is 2.12. The Balaban J connectivity index is 1.75. The first kappa shape index (κ1) is 12.2. The Labute approximate surface area is 112 Å². The standard InChI is InChI=1S/C14H20N2OS/c1-10-8-15-11(12-4-3-7-18-12)9-16(10)13(17)14(2)5-6-14/h3-4,7,10-11,15H,5-6,8-9H2,1-2H3. The Hall–Kier alpha value is -0.870. The van der Waals surface area contributed by atoms with Gasteiger partial charge in [-0.15, -0.1) is 11.3 Å². The Bertz CT molecular complexity index is 439. The lowest BCUT2D eigenvalue weighted by atomic mass is 10.0. The molecule has 1 aromatic rings. The maximum atomic E-state index is 12.5. The van der Waals surface area contributed by atoms with Crippen LogP contribution >= 0.6 is 11.3 Å². The Morgan fingerprint density at radius 3 is 2.94 bits per heavy atom. The second kappa shape index (κ2) is 4.35. The van der Waals surface area contributed by atoms with Crippen LogP contribution in [0.15, 0.2) is 17.5 Å². The summed E-state index contributed by atoms with van der Waals surface area (Å²) in [5, 5.41) is 5.65. The average molecular weight is 264 g/mol. The number of rotatable bonds is 2. The molecule has 98 valence electrons. The largest absolute Gasteiger partial charge is 0.336 e. The molecule has 0 spiro atoms. The predicted octanol–water partition coefficient (Wildman–Crippen LogP) is 2.41. The number of nitrogens with one attached hydrogen (secondary N) is 1. The third kappa shape index (κ3) is 2.08. The lowest BCUT2D eigenvalue weighted by Crippen LogP contribution is -2.55. The van der Waals surface area contributed by atoms with Crippen molar-refractivity contribution < 1.29 is 4.79 Å². The molecule has 2 fully saturated rings. The summed E-state index contributed by atoms with van der Waals surface area (Å²) in [6.45, 7) is 5.95. The Kier molecular flexibility index (Phi) is 2.94. The number of hydrogen-bond donors (Lipinski definition) is 1. The highest BCUT2D eigenvalue weighted by atomic mass is 32.1. The molecule has 4 heteroatoms. The van der Waals surface area contributed by atoms with Crippen molar-refractivity contribution in [3.8, 4) is 0 Å². The quantitative estimate of drug-likeness (QED) is 0.889. The van der Waals surface area contributed by atoms with Crippen LogP contribution in [0, 0.1) is 5.41 Å². The maximum Gasteiger partial charge on any atom is 0.228 e. The van der Waals surface area contributed by atoms with E-state index in [4.69, 9.17) is 0 Å². The molecule has 1 saturated carbocycles. The number of amides is 1. The zero-order valence-corrected chi connectivity index (χ0v) is 11.8. The normalized spacial score (nSPS) is 30.2. The van der Waals surface area contributed by atoms with Crippen molar-refractivity contribution in [2.45, 2.75) is 38.8 Å². The fourth-order valence-electron chi connectivity index (χ4n) is 2.58. The van der Waals surface area contributed by atoms with Gasteiger partial charge in [0.15, 0.2) is 0 Å². The molecule has 0 radical (unpaired) electrons. The highest BCUT2D eigenvalue weighted by molar-refractivity contribution is 7.10. The van der Waals surface area contributed by atoms with E-state index in [1.54, 1.807) is 11.3 Å². The van der Waals surface area contributed by atoms with Crippen LogP contribution in [0.1, 0.15) is 37.6 Å². The molecule has 2 heterocycles. The lowest BCUT2D eigenvalue weighted by Gasteiger charge is -2.40. The molecule has 0 bridgehead atoms. The van der Waals surface area contributed by atoms with Gasteiger partial charge in [-0.05, 0) is 31.2 Å². The average Bonchev–Trinajstić information content (AvgIpc) is 2.92. The van der Waals surface area contributed by atoms with E-state index in [0.717, 1.165) is 25.9 Å². The van der Waals surface area contributed by atoms with Crippen LogP contribution in [0.3, 0.4) is 0 Å². The lowest BCUT2D eigenvalue weighted by molar-refractivity contribution is -0.140. The van der Waals surface area contributed by atoms with Crippen LogP contribution in [0.25, 0.3) is 0 Å². The monoisotopic (exact) mass is 264 g/mol. The Morgan fingerprint density at radius 2 is 2.33 bits per heavy atom. The van der Waals surface area contributed by atoms with E-state index in [1.165, 1.54) is 4.88 Å². The Morgan fingerprint density at radius 1 is 1.56 bits per heavy atom. The number of hydrogen-bond acceptors (Lipinski definition) is 3. The van der Waals surface area contributed by atoms with Crippen molar-refractivity contribution in [3.05, 3.63) is 22.4 Å². The van der Waals surface area contributed by atoms with E-state index in [0.29, 0.717) is 18.0 Å². The van der Waals surface area contributed by atoms with E-state index in [1.807, 2.05) is 0 Å². The highest BCUT2D eigenvalue weighted by Gasteiger charge is 2.48. The number of nitrogens with zero attached hydrogens (tertiary/aromatic N) is 1. The van der Waals surface area contributed by atoms with Crippen LogP contribution < -0.4 is 5.32 Å². The van der Waals surface area contributed by atoms with Gasteiger partial charge in [-0.25, -0.2) is 0 Å².